The Labute approximate surface area is 143 Å². The minimum Gasteiger partial charge on any atom is -0.508 e. The molecule has 0 radical (unpaired) electrons. The molecule has 0 aliphatic carbocycles. The van der Waals surface area contributed by atoms with E-state index in [2.05, 4.69) is 10.5 Å². The van der Waals surface area contributed by atoms with Gasteiger partial charge in [0.25, 0.3) is 11.6 Å². The number of nitro groups is 1. The second kappa shape index (κ2) is 7.91. The van der Waals surface area contributed by atoms with E-state index in [4.69, 9.17) is 4.74 Å². The van der Waals surface area contributed by atoms with Crippen LogP contribution in [0.4, 0.5) is 5.69 Å². The maximum absolute atomic E-state index is 11.7. The van der Waals surface area contributed by atoms with Crippen molar-refractivity contribution in [2.45, 2.75) is 13.8 Å². The number of phenolic OH excluding ortho intramolecular Hbond substituents is 1. The van der Waals surface area contributed by atoms with Gasteiger partial charge in [-0.25, -0.2) is 5.43 Å². The van der Waals surface area contributed by atoms with Gasteiger partial charge in [-0.15, -0.1) is 0 Å². The van der Waals surface area contributed by atoms with Crippen LogP contribution in [0.1, 0.15) is 16.7 Å². The molecule has 0 fully saturated rings. The molecule has 0 saturated carbocycles. The van der Waals surface area contributed by atoms with Crippen LogP contribution in [0.5, 0.6) is 11.5 Å². The summed E-state index contributed by atoms with van der Waals surface area (Å²) in [6.45, 7) is 3.58. The number of rotatable bonds is 6. The maximum atomic E-state index is 11.7. The van der Waals surface area contributed by atoms with Crippen LogP contribution in [-0.2, 0) is 4.79 Å². The van der Waals surface area contributed by atoms with Crippen molar-refractivity contribution in [3.05, 3.63) is 63.2 Å². The Morgan fingerprint density at radius 1 is 1.32 bits per heavy atom. The molecule has 0 unspecified atom stereocenters. The normalized spacial score (nSPS) is 10.6. The summed E-state index contributed by atoms with van der Waals surface area (Å²) in [7, 11) is 0. The number of amides is 1. The van der Waals surface area contributed by atoms with E-state index in [0.717, 1.165) is 23.4 Å². The van der Waals surface area contributed by atoms with Crippen molar-refractivity contribution in [2.24, 2.45) is 5.10 Å². The standard InChI is InChI=1S/C17H17N3O5/c1-11-3-6-16(12(2)7-11)25-10-17(22)19-18-9-13-8-14(21)4-5-15(13)20(23)24/h3-9,21H,10H2,1-2H3,(H,19,22)/b18-9+. The molecule has 0 aliphatic heterocycles. The number of nitrogens with zero attached hydrogens (tertiary/aromatic N) is 2. The number of hydrazone groups is 1. The molecule has 0 saturated heterocycles. The maximum Gasteiger partial charge on any atom is 0.278 e. The molecule has 0 aliphatic rings. The van der Waals surface area contributed by atoms with Gasteiger partial charge in [-0.3, -0.25) is 14.9 Å². The summed E-state index contributed by atoms with van der Waals surface area (Å²) in [5.74, 6) is -0.0658. The molecule has 0 aromatic heterocycles. The highest BCUT2D eigenvalue weighted by molar-refractivity contribution is 5.87. The first-order valence-corrected chi connectivity index (χ1v) is 7.36. The summed E-state index contributed by atoms with van der Waals surface area (Å²) in [6.07, 6.45) is 1.09. The number of hydrogen-bond acceptors (Lipinski definition) is 6. The number of aryl methyl sites for hydroxylation is 2. The SMILES string of the molecule is Cc1ccc(OCC(=O)N/N=C/c2cc(O)ccc2[N+](=O)[O-])c(C)c1. The first-order valence-electron chi connectivity index (χ1n) is 7.36. The van der Waals surface area contributed by atoms with Crippen LogP contribution < -0.4 is 10.2 Å². The zero-order valence-corrected chi connectivity index (χ0v) is 13.7. The Morgan fingerprint density at radius 2 is 2.08 bits per heavy atom. The predicted molar refractivity (Wildman–Crippen MR) is 91.9 cm³/mol. The molecule has 2 aromatic carbocycles. The third-order valence-corrected chi connectivity index (χ3v) is 3.29. The van der Waals surface area contributed by atoms with E-state index in [1.807, 2.05) is 26.0 Å². The molecule has 2 N–H and O–H groups in total. The van der Waals surface area contributed by atoms with Gasteiger partial charge in [0.1, 0.15) is 11.5 Å². The number of benzene rings is 2. The zero-order chi connectivity index (χ0) is 18.4. The summed E-state index contributed by atoms with van der Waals surface area (Å²) in [6, 6.07) is 9.12. The minimum absolute atomic E-state index is 0.0700. The van der Waals surface area contributed by atoms with E-state index in [1.54, 1.807) is 6.07 Å². The molecule has 2 aromatic rings. The van der Waals surface area contributed by atoms with E-state index >= 15 is 0 Å². The van der Waals surface area contributed by atoms with E-state index < -0.39 is 10.8 Å². The summed E-state index contributed by atoms with van der Waals surface area (Å²) in [5.41, 5.74) is 4.05. The second-order valence-corrected chi connectivity index (χ2v) is 5.35. The van der Waals surface area contributed by atoms with E-state index in [1.165, 1.54) is 12.1 Å². The number of aromatic hydroxyl groups is 1. The van der Waals surface area contributed by atoms with Crippen LogP contribution in [0, 0.1) is 24.0 Å². The summed E-state index contributed by atoms with van der Waals surface area (Å²) >= 11 is 0. The first kappa shape index (κ1) is 17.9. The predicted octanol–water partition coefficient (Wildman–Crippen LogP) is 2.45. The van der Waals surface area contributed by atoms with Crippen LogP contribution in [0.25, 0.3) is 0 Å². The number of nitrogens with one attached hydrogen (secondary N) is 1. The fourth-order valence-corrected chi connectivity index (χ4v) is 2.12. The highest BCUT2D eigenvalue weighted by Gasteiger charge is 2.12. The molecule has 8 heteroatoms. The van der Waals surface area contributed by atoms with Crippen molar-refractivity contribution < 1.29 is 19.6 Å². The molecule has 8 nitrogen and oxygen atoms in total. The van der Waals surface area contributed by atoms with Crippen molar-refractivity contribution in [2.75, 3.05) is 6.61 Å². The minimum atomic E-state index is -0.605. The molecule has 0 atom stereocenters. The fourth-order valence-electron chi connectivity index (χ4n) is 2.12. The van der Waals surface area contributed by atoms with Crippen molar-refractivity contribution in [3.63, 3.8) is 0 Å². The lowest BCUT2D eigenvalue weighted by molar-refractivity contribution is -0.385. The number of nitro benzene ring substituents is 1. The highest BCUT2D eigenvalue weighted by atomic mass is 16.6. The molecule has 0 bridgehead atoms. The Bertz CT molecular complexity index is 833. The van der Waals surface area contributed by atoms with Crippen LogP contribution in [0.15, 0.2) is 41.5 Å². The molecule has 0 heterocycles. The number of hydrogen-bond donors (Lipinski definition) is 2. The van der Waals surface area contributed by atoms with Gasteiger partial charge in [0.2, 0.25) is 0 Å². The van der Waals surface area contributed by atoms with Gasteiger partial charge in [-0.1, -0.05) is 17.7 Å². The molecule has 1 amide bonds. The van der Waals surface area contributed by atoms with Crippen LogP contribution in [0.3, 0.4) is 0 Å². The number of ether oxygens (including phenoxy) is 1. The third-order valence-electron chi connectivity index (χ3n) is 3.29. The third kappa shape index (κ3) is 5.03. The van der Waals surface area contributed by atoms with Gasteiger partial charge in [-0.05, 0) is 37.6 Å². The molecular formula is C17H17N3O5. The van der Waals surface area contributed by atoms with Crippen molar-refractivity contribution >= 4 is 17.8 Å². The first-order chi connectivity index (χ1) is 11.9. The van der Waals surface area contributed by atoms with Crippen LogP contribution in [-0.4, -0.2) is 28.8 Å². The van der Waals surface area contributed by atoms with Gasteiger partial charge < -0.3 is 9.84 Å². The van der Waals surface area contributed by atoms with Crippen molar-refractivity contribution in [1.29, 1.82) is 0 Å². The van der Waals surface area contributed by atoms with Crippen LogP contribution in [0.2, 0.25) is 0 Å². The summed E-state index contributed by atoms with van der Waals surface area (Å²) in [5, 5.41) is 23.9. The average molecular weight is 343 g/mol. The summed E-state index contributed by atoms with van der Waals surface area (Å²) < 4.78 is 5.40. The lowest BCUT2D eigenvalue weighted by atomic mass is 10.1. The number of phenols is 1. The Balaban J connectivity index is 1.95. The monoisotopic (exact) mass is 343 g/mol. The quantitative estimate of drug-likeness (QED) is 0.475. The van der Waals surface area contributed by atoms with Gasteiger partial charge >= 0.3 is 0 Å². The summed E-state index contributed by atoms with van der Waals surface area (Å²) in [4.78, 5) is 22.0. The zero-order valence-electron chi connectivity index (χ0n) is 13.7. The molecule has 25 heavy (non-hydrogen) atoms. The molecule has 2 rings (SSSR count). The molecule has 0 spiro atoms. The smallest absolute Gasteiger partial charge is 0.278 e. The van der Waals surface area contributed by atoms with Gasteiger partial charge in [-0.2, -0.15) is 5.10 Å². The van der Waals surface area contributed by atoms with E-state index in [-0.39, 0.29) is 23.6 Å². The molecular weight excluding hydrogens is 326 g/mol. The van der Waals surface area contributed by atoms with Crippen molar-refractivity contribution in [3.8, 4) is 11.5 Å². The highest BCUT2D eigenvalue weighted by Crippen LogP contribution is 2.21. The van der Waals surface area contributed by atoms with E-state index in [0.29, 0.717) is 5.75 Å². The number of carbonyl (C=O) groups excluding carboxylic acids is 1. The lowest BCUT2D eigenvalue weighted by Gasteiger charge is -2.08. The largest absolute Gasteiger partial charge is 0.508 e. The van der Waals surface area contributed by atoms with Gasteiger partial charge in [0.15, 0.2) is 6.61 Å². The molecule has 130 valence electrons. The number of carbonyl (C=O) groups is 1. The second-order valence-electron chi connectivity index (χ2n) is 5.35. The van der Waals surface area contributed by atoms with Gasteiger partial charge in [0.05, 0.1) is 16.7 Å². The lowest BCUT2D eigenvalue weighted by Crippen LogP contribution is -2.24. The van der Waals surface area contributed by atoms with Crippen LogP contribution >= 0.6 is 0 Å². The van der Waals surface area contributed by atoms with Gasteiger partial charge in [0, 0.05) is 6.07 Å². The average Bonchev–Trinajstić information content (AvgIpc) is 2.54. The topological polar surface area (TPSA) is 114 Å². The Hall–Kier alpha value is -3.42. The van der Waals surface area contributed by atoms with Crippen molar-refractivity contribution in [1.82, 2.24) is 5.43 Å². The Morgan fingerprint density at radius 3 is 2.76 bits per heavy atom. The Kier molecular flexibility index (Phi) is 5.67. The fraction of sp³-hybridized carbons (Fsp3) is 0.176. The van der Waals surface area contributed by atoms with E-state index in [9.17, 15) is 20.0 Å².